The molecule has 0 saturated carbocycles. The number of halogens is 3. The number of allylic oxidation sites excluding steroid dienone is 6. The molecule has 1 aliphatic carbocycles. The molecule has 14 aromatic rings. The average Bonchev–Trinajstić information content (AvgIpc) is 1.68. The van der Waals surface area contributed by atoms with Crippen LogP contribution in [0.3, 0.4) is 0 Å². The summed E-state index contributed by atoms with van der Waals surface area (Å²) in [7, 11) is 8.31. The monoisotopic (exact) mass is 1860 g/mol. The number of pyridine rings is 2. The van der Waals surface area contributed by atoms with E-state index in [1.54, 1.807) is 36.7 Å². The van der Waals surface area contributed by atoms with Crippen molar-refractivity contribution in [1.29, 1.82) is 0 Å². The van der Waals surface area contributed by atoms with Crippen LogP contribution in [-0.4, -0.2) is 106 Å². The van der Waals surface area contributed by atoms with Gasteiger partial charge >= 0.3 is 0 Å². The molecule has 0 fully saturated rings. The normalized spacial score (nSPS) is 12.6. The maximum Gasteiger partial charge on any atom is 0.293 e. The highest BCUT2D eigenvalue weighted by molar-refractivity contribution is 5.48. The van der Waals surface area contributed by atoms with E-state index in [1.165, 1.54) is 121 Å². The number of anilines is 2. The van der Waals surface area contributed by atoms with Crippen molar-refractivity contribution in [3.63, 3.8) is 0 Å². The fourth-order valence-electron chi connectivity index (χ4n) is 16.7. The van der Waals surface area contributed by atoms with Gasteiger partial charge in [-0.25, -0.2) is 13.2 Å². The van der Waals surface area contributed by atoms with E-state index in [-0.39, 0.29) is 35.6 Å². The zero-order valence-corrected chi connectivity index (χ0v) is 81.3. The standard InChI is InChI=1S/C30H34N2.C25H28N2O.C24H29FN2.C23H22FNO2.C20H19FN2O2/c1-4-5-6-7-14-23-32(24-26-19-21-29(22-20-26)31(2)3)25-30(27-15-10-8-11-16-27)28-17-12-9-13-18-28;1-26(2)24-11-8-21(9-12-24)18-27(17-20-6-4-3-5-7-20)19-22-10-13-25-23(16-22)14-15-28-25;1-24(2,3)22-8-4-19(5-9-22)16-27(18-21-12-14-26-15-13-21)17-20-6-10-23(25)11-7-20;24-23-12-10-21(11-13-23)16-25(14-19-4-2-1-3-5-19)15-20-6-8-22(9-7-20)17-27-18-26;21-18-3-1-15(2-4-18)12-23(13-16-7-9-22-10-8-16)14-17-11-19(24)5-6-20(17)25/h4-22,30H,1,23-25H2,2-3H3;3-13,16H,14-15,17-19H2,1-2H3;4-8,10-15,22H,9,16-18H2,1-3H3;1-13,18H,14-17H2;1-11,24-25H,12-14H2/b6-5-,14-7+;;;;. The summed E-state index contributed by atoms with van der Waals surface area (Å²) in [6.45, 7) is 24.2. The van der Waals surface area contributed by atoms with Gasteiger partial charge in [-0.05, 0) is 216 Å². The number of aromatic nitrogens is 2. The third-order valence-corrected chi connectivity index (χ3v) is 24.2. The van der Waals surface area contributed by atoms with Crippen LogP contribution in [0.25, 0.3) is 0 Å². The van der Waals surface area contributed by atoms with Crippen molar-refractivity contribution < 1.29 is 37.7 Å². The van der Waals surface area contributed by atoms with Crippen LogP contribution >= 0.6 is 0 Å². The van der Waals surface area contributed by atoms with E-state index in [0.717, 1.165) is 132 Å². The maximum absolute atomic E-state index is 13.2. The van der Waals surface area contributed by atoms with Crippen molar-refractivity contribution in [2.24, 2.45) is 11.3 Å². The van der Waals surface area contributed by atoms with Gasteiger partial charge in [0.1, 0.15) is 41.3 Å². The van der Waals surface area contributed by atoms with Crippen molar-refractivity contribution in [3.8, 4) is 17.2 Å². The zero-order chi connectivity index (χ0) is 97.8. The van der Waals surface area contributed by atoms with Gasteiger partial charge in [0.15, 0.2) is 0 Å². The lowest BCUT2D eigenvalue weighted by atomic mass is 9.76. The first-order chi connectivity index (χ1) is 67.6. The molecular weight excluding hydrogens is 1730 g/mol. The van der Waals surface area contributed by atoms with E-state index in [9.17, 15) is 28.2 Å². The van der Waals surface area contributed by atoms with Crippen molar-refractivity contribution in [2.75, 3.05) is 64.2 Å². The molecule has 17 heteroatoms. The molecule has 12 aromatic carbocycles. The smallest absolute Gasteiger partial charge is 0.293 e. The van der Waals surface area contributed by atoms with Crippen LogP contribution < -0.4 is 14.5 Å². The number of fused-ring (bicyclic) bond motifs is 1. The molecule has 2 aromatic heterocycles. The number of hydrogen-bond acceptors (Lipinski definition) is 14. The Bertz CT molecular complexity index is 6040. The Morgan fingerprint density at radius 1 is 0.424 bits per heavy atom. The Hall–Kier alpha value is -14.3. The molecule has 0 radical (unpaired) electrons. The van der Waals surface area contributed by atoms with Crippen molar-refractivity contribution in [3.05, 3.63) is 520 Å². The second kappa shape index (κ2) is 55.2. The highest BCUT2D eigenvalue weighted by atomic mass is 19.1. The molecular formula is C122H132F3N9O5. The Morgan fingerprint density at radius 2 is 0.806 bits per heavy atom. The molecule has 0 bridgehead atoms. The van der Waals surface area contributed by atoms with Crippen LogP contribution in [0.4, 0.5) is 24.5 Å². The molecule has 0 amide bonds. The van der Waals surface area contributed by atoms with Gasteiger partial charge in [-0.1, -0.05) is 294 Å². The molecule has 2 aliphatic rings. The number of phenols is 2. The van der Waals surface area contributed by atoms with Crippen LogP contribution in [0.2, 0.25) is 0 Å². The summed E-state index contributed by atoms with van der Waals surface area (Å²) >= 11 is 0. The Kier molecular flexibility index (Phi) is 41.1. The van der Waals surface area contributed by atoms with Gasteiger partial charge in [-0.15, -0.1) is 0 Å². The number of phenolic OH excluding ortho intramolecular Hbond substituents is 2. The molecule has 1 aliphatic heterocycles. The second-order valence-corrected chi connectivity index (χ2v) is 36.8. The van der Waals surface area contributed by atoms with E-state index in [0.29, 0.717) is 48.9 Å². The molecule has 716 valence electrons. The number of benzene rings is 12. The minimum absolute atomic E-state index is 0.110. The minimum atomic E-state index is -0.268. The number of hydrogen-bond donors (Lipinski definition) is 2. The molecule has 3 heterocycles. The summed E-state index contributed by atoms with van der Waals surface area (Å²) in [5.41, 5.74) is 23.0. The Morgan fingerprint density at radius 3 is 1.22 bits per heavy atom. The van der Waals surface area contributed by atoms with Crippen molar-refractivity contribution in [2.45, 2.75) is 125 Å². The molecule has 14 nitrogen and oxygen atoms in total. The lowest BCUT2D eigenvalue weighted by Gasteiger charge is -2.30. The topological polar surface area (TPSA) is 124 Å². The third-order valence-electron chi connectivity index (χ3n) is 24.2. The van der Waals surface area contributed by atoms with Crippen molar-refractivity contribution >= 4 is 17.8 Å². The average molecular weight is 1860 g/mol. The van der Waals surface area contributed by atoms with Gasteiger partial charge in [-0.3, -0.25) is 39.3 Å². The molecule has 0 spiro atoms. The van der Waals surface area contributed by atoms with Crippen LogP contribution in [-0.2, 0) is 101 Å². The van der Waals surface area contributed by atoms with Crippen LogP contribution in [0.5, 0.6) is 17.2 Å². The van der Waals surface area contributed by atoms with Crippen LogP contribution in [0.15, 0.2) is 413 Å². The van der Waals surface area contributed by atoms with E-state index >= 15 is 0 Å². The molecule has 139 heavy (non-hydrogen) atoms. The first-order valence-electron chi connectivity index (χ1n) is 47.6. The van der Waals surface area contributed by atoms with Gasteiger partial charge in [0.2, 0.25) is 0 Å². The molecule has 0 saturated heterocycles. The van der Waals surface area contributed by atoms with E-state index in [1.807, 2.05) is 103 Å². The zero-order valence-electron chi connectivity index (χ0n) is 81.3. The lowest BCUT2D eigenvalue weighted by Crippen LogP contribution is -2.29. The van der Waals surface area contributed by atoms with Crippen molar-refractivity contribution in [1.82, 2.24) is 34.5 Å². The quantitative estimate of drug-likeness (QED) is 0.0216. The summed E-state index contributed by atoms with van der Waals surface area (Å²) in [5.74, 6) is 1.53. The summed E-state index contributed by atoms with van der Waals surface area (Å²) in [5, 5.41) is 19.7. The molecule has 1 unspecified atom stereocenters. The SMILES string of the molecule is C=C/C=C\C=C\CN(Cc1ccc(N(C)C)cc1)CC(c1ccccc1)c1ccccc1.CC(C)(C)C1C=CC(CN(Cc2ccncc2)Cc2ccc(F)cc2)=CC1.CN(C)c1ccc(CN(Cc2ccccc2)Cc2ccc3c(c2)CCO3)cc1.O=COCc1ccc(CN(Cc2ccccc2)Cc2ccc(F)cc2)cc1.Oc1ccc(O)c(CN(Cc2ccncc2)Cc2ccc(F)cc2)c1. The summed E-state index contributed by atoms with van der Waals surface area (Å²) in [6, 6.07) is 107. The summed E-state index contributed by atoms with van der Waals surface area (Å²) in [4.78, 5) is 34.6. The predicted molar refractivity (Wildman–Crippen MR) is 561 cm³/mol. The van der Waals surface area contributed by atoms with E-state index in [4.69, 9.17) is 9.47 Å². The molecule has 16 rings (SSSR count). The number of rotatable bonds is 39. The van der Waals surface area contributed by atoms with Gasteiger partial charge in [0, 0.05) is 180 Å². The number of carbonyl (C=O) groups excluding carboxylic acids is 1. The largest absolute Gasteiger partial charge is 0.508 e. The number of nitrogens with zero attached hydrogens (tertiary/aromatic N) is 9. The lowest BCUT2D eigenvalue weighted by molar-refractivity contribution is -0.129. The maximum atomic E-state index is 13.2. The fraction of sp³-hybridized carbons (Fsp3) is 0.238. The molecule has 1 atom stereocenters. The Balaban J connectivity index is 0.000000156. The van der Waals surface area contributed by atoms with Gasteiger partial charge < -0.3 is 29.5 Å². The highest BCUT2D eigenvalue weighted by Crippen LogP contribution is 2.35. The number of aromatic hydroxyl groups is 2. The number of ether oxygens (including phenoxy) is 2. The fourth-order valence-corrected chi connectivity index (χ4v) is 16.7. The van der Waals surface area contributed by atoms with Crippen LogP contribution in [0.1, 0.15) is 122 Å². The minimum Gasteiger partial charge on any atom is -0.508 e. The second-order valence-electron chi connectivity index (χ2n) is 36.8. The summed E-state index contributed by atoms with van der Waals surface area (Å²) in [6.07, 6.45) is 26.4. The predicted octanol–water partition coefficient (Wildman–Crippen LogP) is 25.9. The Labute approximate surface area is 822 Å². The van der Waals surface area contributed by atoms with E-state index < -0.39 is 0 Å². The summed E-state index contributed by atoms with van der Waals surface area (Å²) < 4.78 is 50.0. The third kappa shape index (κ3) is 36.3. The van der Waals surface area contributed by atoms with Gasteiger partial charge in [-0.2, -0.15) is 0 Å². The van der Waals surface area contributed by atoms with E-state index in [2.05, 4.69) is 312 Å². The highest BCUT2D eigenvalue weighted by Gasteiger charge is 2.25. The number of carbonyl (C=O) groups is 1. The first-order valence-corrected chi connectivity index (χ1v) is 47.6. The van der Waals surface area contributed by atoms with Gasteiger partial charge in [0.05, 0.1) is 6.61 Å². The molecule has 2 N–H and O–H groups in total. The van der Waals surface area contributed by atoms with Crippen LogP contribution in [0, 0.1) is 28.8 Å². The van der Waals surface area contributed by atoms with Gasteiger partial charge in [0.25, 0.3) is 6.47 Å². The first kappa shape index (κ1) is 104.